The first-order valence-corrected chi connectivity index (χ1v) is 7.16. The van der Waals surface area contributed by atoms with Gasteiger partial charge in [-0.15, -0.1) is 0 Å². The smallest absolute Gasteiger partial charge is 0.121 e. The summed E-state index contributed by atoms with van der Waals surface area (Å²) < 4.78 is 7.60. The zero-order valence-corrected chi connectivity index (χ0v) is 12.3. The highest BCUT2D eigenvalue weighted by Crippen LogP contribution is 2.34. The summed E-state index contributed by atoms with van der Waals surface area (Å²) in [6, 6.07) is 8.36. The van der Waals surface area contributed by atoms with Gasteiger partial charge in [0.2, 0.25) is 0 Å². The number of ether oxygens (including phenoxy) is 1. The molecule has 20 heavy (non-hydrogen) atoms. The molecule has 0 fully saturated rings. The van der Waals surface area contributed by atoms with Gasteiger partial charge in [-0.25, -0.2) is 0 Å². The molecular formula is C17H21NO2. The van der Waals surface area contributed by atoms with Crippen molar-refractivity contribution in [2.45, 2.75) is 39.2 Å². The second-order valence-electron chi connectivity index (χ2n) is 5.59. The van der Waals surface area contributed by atoms with Gasteiger partial charge in [0, 0.05) is 22.6 Å². The van der Waals surface area contributed by atoms with Crippen LogP contribution in [0, 0.1) is 13.8 Å². The molecule has 106 valence electrons. The van der Waals surface area contributed by atoms with Crippen molar-refractivity contribution >= 4 is 0 Å². The summed E-state index contributed by atoms with van der Waals surface area (Å²) in [5.74, 6) is 0.910. The molecule has 1 atom stereocenters. The number of hydrogen-bond donors (Lipinski definition) is 1. The van der Waals surface area contributed by atoms with Crippen molar-refractivity contribution in [3.05, 3.63) is 46.8 Å². The number of rotatable bonds is 2. The number of aliphatic hydroxyl groups is 1. The predicted molar refractivity (Wildman–Crippen MR) is 79.7 cm³/mol. The maximum Gasteiger partial charge on any atom is 0.121 e. The Morgan fingerprint density at radius 1 is 1.25 bits per heavy atom. The maximum atomic E-state index is 10.1. The van der Waals surface area contributed by atoms with Gasteiger partial charge < -0.3 is 14.4 Å². The molecule has 1 aromatic carbocycles. The van der Waals surface area contributed by atoms with Gasteiger partial charge in [0.1, 0.15) is 5.75 Å². The average Bonchev–Trinajstić information content (AvgIpc) is 2.76. The Morgan fingerprint density at radius 2 is 2.05 bits per heavy atom. The molecule has 3 nitrogen and oxygen atoms in total. The highest BCUT2D eigenvalue weighted by Gasteiger charge is 2.23. The van der Waals surface area contributed by atoms with Crippen LogP contribution in [0.15, 0.2) is 24.3 Å². The van der Waals surface area contributed by atoms with E-state index in [0.29, 0.717) is 0 Å². The number of hydrogen-bond acceptors (Lipinski definition) is 2. The van der Waals surface area contributed by atoms with Crippen molar-refractivity contribution in [3.63, 3.8) is 0 Å². The van der Waals surface area contributed by atoms with E-state index in [4.69, 9.17) is 4.74 Å². The third kappa shape index (κ3) is 2.02. The minimum absolute atomic E-state index is 0.307. The van der Waals surface area contributed by atoms with E-state index in [1.807, 2.05) is 6.07 Å². The Balaban J connectivity index is 2.13. The molecule has 0 bridgehead atoms. The van der Waals surface area contributed by atoms with Crippen LogP contribution in [-0.4, -0.2) is 16.8 Å². The fraction of sp³-hybridized carbons (Fsp3) is 0.412. The summed E-state index contributed by atoms with van der Waals surface area (Å²) in [5, 5.41) is 10.1. The third-order valence-corrected chi connectivity index (χ3v) is 4.21. The molecule has 1 aromatic heterocycles. The van der Waals surface area contributed by atoms with Gasteiger partial charge in [0.15, 0.2) is 0 Å². The van der Waals surface area contributed by atoms with E-state index in [1.165, 1.54) is 11.4 Å². The summed E-state index contributed by atoms with van der Waals surface area (Å²) in [6.07, 6.45) is 2.65. The Labute approximate surface area is 119 Å². The molecule has 1 aliphatic carbocycles. The lowest BCUT2D eigenvalue weighted by Crippen LogP contribution is -2.11. The minimum Gasteiger partial charge on any atom is -0.496 e. The number of aryl methyl sites for hydroxylation is 2. The van der Waals surface area contributed by atoms with E-state index < -0.39 is 0 Å². The minimum atomic E-state index is -0.307. The van der Waals surface area contributed by atoms with E-state index in [1.54, 1.807) is 7.11 Å². The molecule has 3 rings (SSSR count). The average molecular weight is 271 g/mol. The highest BCUT2D eigenvalue weighted by molar-refractivity contribution is 5.48. The topological polar surface area (TPSA) is 34.4 Å². The first-order valence-electron chi connectivity index (χ1n) is 7.16. The van der Waals surface area contributed by atoms with Crippen molar-refractivity contribution in [1.29, 1.82) is 0 Å². The zero-order valence-electron chi connectivity index (χ0n) is 12.3. The molecule has 1 unspecified atom stereocenters. The van der Waals surface area contributed by atoms with E-state index in [-0.39, 0.29) is 6.10 Å². The van der Waals surface area contributed by atoms with Crippen LogP contribution in [0.4, 0.5) is 0 Å². The van der Waals surface area contributed by atoms with Crippen molar-refractivity contribution in [3.8, 4) is 11.4 Å². The monoisotopic (exact) mass is 271 g/mol. The summed E-state index contributed by atoms with van der Waals surface area (Å²) in [7, 11) is 1.70. The maximum absolute atomic E-state index is 10.1. The van der Waals surface area contributed by atoms with Crippen LogP contribution < -0.4 is 4.74 Å². The van der Waals surface area contributed by atoms with Gasteiger partial charge >= 0.3 is 0 Å². The SMILES string of the molecule is COc1ccc(-n2c(C)cc3c2CCCC3O)cc1C. The van der Waals surface area contributed by atoms with Gasteiger partial charge in [0.05, 0.1) is 13.2 Å². The molecule has 1 N–H and O–H groups in total. The Kier molecular flexibility index (Phi) is 3.30. The fourth-order valence-electron chi connectivity index (χ4n) is 3.24. The van der Waals surface area contributed by atoms with E-state index >= 15 is 0 Å². The molecule has 0 saturated carbocycles. The van der Waals surface area contributed by atoms with Gasteiger partial charge in [-0.05, 0) is 62.9 Å². The van der Waals surface area contributed by atoms with Crippen LogP contribution in [0.5, 0.6) is 5.75 Å². The van der Waals surface area contributed by atoms with Crippen LogP contribution in [0.25, 0.3) is 5.69 Å². The van der Waals surface area contributed by atoms with Crippen molar-refractivity contribution < 1.29 is 9.84 Å². The molecule has 1 heterocycles. The number of nitrogens with zero attached hydrogens (tertiary/aromatic N) is 1. The van der Waals surface area contributed by atoms with E-state index in [9.17, 15) is 5.11 Å². The van der Waals surface area contributed by atoms with Gasteiger partial charge in [-0.2, -0.15) is 0 Å². The molecule has 0 amide bonds. The standard InChI is InChI=1S/C17H21NO2/c1-11-9-13(7-8-17(11)20-3)18-12(2)10-14-15(18)5-4-6-16(14)19/h7-10,16,19H,4-6H2,1-3H3. The molecule has 0 saturated heterocycles. The Hall–Kier alpha value is -1.74. The van der Waals surface area contributed by atoms with E-state index in [2.05, 4.69) is 36.6 Å². The highest BCUT2D eigenvalue weighted by atomic mass is 16.5. The van der Waals surface area contributed by atoms with Crippen LogP contribution >= 0.6 is 0 Å². The lowest BCUT2D eigenvalue weighted by atomic mass is 9.95. The predicted octanol–water partition coefficient (Wildman–Crippen LogP) is 3.47. The quantitative estimate of drug-likeness (QED) is 0.907. The summed E-state index contributed by atoms with van der Waals surface area (Å²) >= 11 is 0. The number of aliphatic hydroxyl groups excluding tert-OH is 1. The Morgan fingerprint density at radius 3 is 2.75 bits per heavy atom. The fourth-order valence-corrected chi connectivity index (χ4v) is 3.24. The first kappa shape index (κ1) is 13.3. The number of aromatic nitrogens is 1. The van der Waals surface area contributed by atoms with Crippen molar-refractivity contribution in [2.24, 2.45) is 0 Å². The molecule has 3 heteroatoms. The summed E-state index contributed by atoms with van der Waals surface area (Å²) in [5.41, 5.74) is 5.81. The van der Waals surface area contributed by atoms with Crippen LogP contribution in [0.2, 0.25) is 0 Å². The van der Waals surface area contributed by atoms with Gasteiger partial charge in [-0.1, -0.05) is 0 Å². The lowest BCUT2D eigenvalue weighted by Gasteiger charge is -2.21. The first-order chi connectivity index (χ1) is 9.61. The largest absolute Gasteiger partial charge is 0.496 e. The van der Waals surface area contributed by atoms with Crippen LogP contribution in [0.1, 0.15) is 41.5 Å². The molecule has 0 aliphatic heterocycles. The Bertz CT molecular complexity index is 643. The van der Waals surface area contributed by atoms with Crippen molar-refractivity contribution in [1.82, 2.24) is 4.57 Å². The van der Waals surface area contributed by atoms with Crippen molar-refractivity contribution in [2.75, 3.05) is 7.11 Å². The number of benzene rings is 1. The number of fused-ring (bicyclic) bond motifs is 1. The lowest BCUT2D eigenvalue weighted by molar-refractivity contribution is 0.156. The van der Waals surface area contributed by atoms with Gasteiger partial charge in [0.25, 0.3) is 0 Å². The molecule has 1 aliphatic rings. The molecule has 2 aromatic rings. The normalized spacial score (nSPS) is 17.9. The molecule has 0 spiro atoms. The summed E-state index contributed by atoms with van der Waals surface area (Å²) in [4.78, 5) is 0. The van der Waals surface area contributed by atoms with Crippen LogP contribution in [0.3, 0.4) is 0 Å². The van der Waals surface area contributed by atoms with E-state index in [0.717, 1.165) is 41.8 Å². The third-order valence-electron chi connectivity index (χ3n) is 4.21. The number of methoxy groups -OCH3 is 1. The molecule has 0 radical (unpaired) electrons. The van der Waals surface area contributed by atoms with Gasteiger partial charge in [-0.3, -0.25) is 0 Å². The summed E-state index contributed by atoms with van der Waals surface area (Å²) in [6.45, 7) is 4.16. The second kappa shape index (κ2) is 4.98. The zero-order chi connectivity index (χ0) is 14.3. The molecular weight excluding hydrogens is 250 g/mol. The second-order valence-corrected chi connectivity index (χ2v) is 5.59. The van der Waals surface area contributed by atoms with Crippen LogP contribution in [-0.2, 0) is 6.42 Å².